The molecule has 1 saturated heterocycles. The Hall–Kier alpha value is -2.14. The second kappa shape index (κ2) is 6.96. The number of likely N-dealkylation sites (tertiary alicyclic amines) is 1. The maximum atomic E-state index is 11.7. The van der Waals surface area contributed by atoms with Gasteiger partial charge in [0.2, 0.25) is 0 Å². The second-order valence-corrected chi connectivity index (χ2v) is 6.48. The summed E-state index contributed by atoms with van der Waals surface area (Å²) in [6.45, 7) is 6.00. The molecule has 1 aliphatic rings. The third-order valence-electron chi connectivity index (χ3n) is 4.43. The van der Waals surface area contributed by atoms with Gasteiger partial charge in [0.25, 0.3) is 5.56 Å². The minimum absolute atomic E-state index is 0.0605. The van der Waals surface area contributed by atoms with E-state index in [-0.39, 0.29) is 5.56 Å². The smallest absolute Gasteiger partial charge is 0.250 e. The van der Waals surface area contributed by atoms with E-state index in [1.54, 1.807) is 17.7 Å². The van der Waals surface area contributed by atoms with E-state index in [0.717, 1.165) is 37.6 Å². The zero-order valence-electron chi connectivity index (χ0n) is 13.8. The first kappa shape index (κ1) is 15.7. The van der Waals surface area contributed by atoms with Crippen molar-refractivity contribution in [2.75, 3.05) is 25.0 Å². The van der Waals surface area contributed by atoms with E-state index in [1.165, 1.54) is 12.0 Å². The molecule has 5 heteroatoms. The Morgan fingerprint density at radius 3 is 2.96 bits per heavy atom. The highest BCUT2D eigenvalue weighted by atomic mass is 16.1. The molecule has 1 N–H and O–H groups in total. The van der Waals surface area contributed by atoms with Gasteiger partial charge in [0.1, 0.15) is 5.82 Å². The molecule has 0 spiro atoms. The largest absolute Gasteiger partial charge is 0.370 e. The third kappa shape index (κ3) is 4.20. The molecule has 2 aromatic rings. The lowest BCUT2D eigenvalue weighted by Crippen LogP contribution is -2.24. The fourth-order valence-corrected chi connectivity index (χ4v) is 2.99. The molecule has 3 rings (SSSR count). The van der Waals surface area contributed by atoms with Gasteiger partial charge < -0.3 is 9.88 Å². The van der Waals surface area contributed by atoms with E-state index in [9.17, 15) is 4.79 Å². The Morgan fingerprint density at radius 1 is 1.35 bits per heavy atom. The minimum atomic E-state index is 0.0605. The van der Waals surface area contributed by atoms with Gasteiger partial charge in [-0.25, -0.2) is 4.98 Å². The number of pyridine rings is 2. The maximum absolute atomic E-state index is 11.7. The molecule has 0 amide bonds. The van der Waals surface area contributed by atoms with Gasteiger partial charge in [-0.05, 0) is 49.1 Å². The van der Waals surface area contributed by atoms with Crippen molar-refractivity contribution in [3.05, 3.63) is 58.1 Å². The Labute approximate surface area is 137 Å². The molecule has 122 valence electrons. The van der Waals surface area contributed by atoms with Crippen molar-refractivity contribution in [3.63, 3.8) is 0 Å². The Balaban J connectivity index is 1.49. The number of hydrogen-bond donors (Lipinski definition) is 1. The number of nitrogens with one attached hydrogen (secondary N) is 1. The van der Waals surface area contributed by atoms with E-state index < -0.39 is 0 Å². The average Bonchev–Trinajstić information content (AvgIpc) is 2.98. The summed E-state index contributed by atoms with van der Waals surface area (Å²) < 4.78 is 1.61. The van der Waals surface area contributed by atoms with Crippen molar-refractivity contribution in [1.29, 1.82) is 0 Å². The van der Waals surface area contributed by atoms with Gasteiger partial charge in [0.15, 0.2) is 0 Å². The summed E-state index contributed by atoms with van der Waals surface area (Å²) in [6.07, 6.45) is 4.92. The predicted octanol–water partition coefficient (Wildman–Crippen LogP) is 2.02. The number of hydrogen-bond acceptors (Lipinski definition) is 4. The van der Waals surface area contributed by atoms with Crippen molar-refractivity contribution in [3.8, 4) is 0 Å². The van der Waals surface area contributed by atoms with Gasteiger partial charge in [-0.15, -0.1) is 0 Å². The van der Waals surface area contributed by atoms with Crippen LogP contribution in [0.25, 0.3) is 0 Å². The molecule has 0 radical (unpaired) electrons. The van der Waals surface area contributed by atoms with Crippen LogP contribution >= 0.6 is 0 Å². The molecule has 0 unspecified atom stereocenters. The summed E-state index contributed by atoms with van der Waals surface area (Å²) in [5.41, 5.74) is 2.34. The van der Waals surface area contributed by atoms with E-state index in [0.29, 0.717) is 5.92 Å². The molecule has 2 aromatic heterocycles. The van der Waals surface area contributed by atoms with E-state index >= 15 is 0 Å². The van der Waals surface area contributed by atoms with E-state index in [1.807, 2.05) is 31.5 Å². The van der Waals surface area contributed by atoms with Gasteiger partial charge in [0, 0.05) is 45.1 Å². The Kier molecular flexibility index (Phi) is 4.76. The van der Waals surface area contributed by atoms with E-state index in [4.69, 9.17) is 0 Å². The molecular weight excluding hydrogens is 288 g/mol. The fourth-order valence-electron chi connectivity index (χ4n) is 2.99. The van der Waals surface area contributed by atoms with Crippen LogP contribution in [0.4, 0.5) is 5.82 Å². The van der Waals surface area contributed by atoms with E-state index in [2.05, 4.69) is 21.3 Å². The highest BCUT2D eigenvalue weighted by molar-refractivity contribution is 5.35. The topological polar surface area (TPSA) is 50.2 Å². The summed E-state index contributed by atoms with van der Waals surface area (Å²) in [7, 11) is 1.78. The van der Waals surface area contributed by atoms with Gasteiger partial charge in [-0.2, -0.15) is 0 Å². The number of anilines is 1. The summed E-state index contributed by atoms with van der Waals surface area (Å²) >= 11 is 0. The lowest BCUT2D eigenvalue weighted by atomic mass is 10.1. The first-order chi connectivity index (χ1) is 11.1. The van der Waals surface area contributed by atoms with Crippen molar-refractivity contribution in [2.24, 2.45) is 13.0 Å². The molecule has 23 heavy (non-hydrogen) atoms. The van der Waals surface area contributed by atoms with Crippen LogP contribution in [0.1, 0.15) is 17.5 Å². The highest BCUT2D eigenvalue weighted by Gasteiger charge is 2.22. The van der Waals surface area contributed by atoms with Gasteiger partial charge in [-0.1, -0.05) is 6.07 Å². The molecule has 0 aromatic carbocycles. The molecule has 0 bridgehead atoms. The minimum Gasteiger partial charge on any atom is -0.370 e. The summed E-state index contributed by atoms with van der Waals surface area (Å²) in [4.78, 5) is 18.5. The second-order valence-electron chi connectivity index (χ2n) is 6.48. The van der Waals surface area contributed by atoms with Crippen LogP contribution in [0.3, 0.4) is 0 Å². The lowest BCUT2D eigenvalue weighted by Gasteiger charge is -2.16. The fraction of sp³-hybridized carbons (Fsp3) is 0.444. The standard InChI is InChI=1S/C18H24N4O/c1-14-3-4-17(19-10-14)20-11-16-6-8-22(13-16)12-15-5-7-21(2)18(23)9-15/h3-5,7,9-10,16H,6,8,11-13H2,1-2H3,(H,19,20)/t16-/m0/s1. The summed E-state index contributed by atoms with van der Waals surface area (Å²) in [6, 6.07) is 7.87. The Morgan fingerprint density at radius 2 is 2.22 bits per heavy atom. The van der Waals surface area contributed by atoms with Crippen molar-refractivity contribution in [1.82, 2.24) is 14.5 Å². The molecule has 1 atom stereocenters. The van der Waals surface area contributed by atoms with Gasteiger partial charge in [-0.3, -0.25) is 9.69 Å². The maximum Gasteiger partial charge on any atom is 0.250 e. The molecule has 3 heterocycles. The van der Waals surface area contributed by atoms with Crippen LogP contribution in [0.15, 0.2) is 41.5 Å². The van der Waals surface area contributed by atoms with Crippen LogP contribution in [0.2, 0.25) is 0 Å². The molecule has 0 saturated carbocycles. The zero-order valence-corrected chi connectivity index (χ0v) is 13.8. The highest BCUT2D eigenvalue weighted by Crippen LogP contribution is 2.19. The Bertz CT molecular complexity index is 708. The van der Waals surface area contributed by atoms with Crippen LogP contribution in [0, 0.1) is 12.8 Å². The van der Waals surface area contributed by atoms with Crippen molar-refractivity contribution in [2.45, 2.75) is 19.9 Å². The van der Waals surface area contributed by atoms with Crippen LogP contribution in [-0.4, -0.2) is 34.1 Å². The lowest BCUT2D eigenvalue weighted by molar-refractivity contribution is 0.318. The SMILES string of the molecule is Cc1ccc(NC[C@@H]2CCN(Cc3ccn(C)c(=O)c3)C2)nc1. The molecule has 1 fully saturated rings. The quantitative estimate of drug-likeness (QED) is 0.918. The predicted molar refractivity (Wildman–Crippen MR) is 92.5 cm³/mol. The number of rotatable bonds is 5. The normalized spacial score (nSPS) is 18.3. The summed E-state index contributed by atoms with van der Waals surface area (Å²) in [5.74, 6) is 1.57. The average molecular weight is 312 g/mol. The van der Waals surface area contributed by atoms with Crippen LogP contribution < -0.4 is 10.9 Å². The number of aromatic nitrogens is 2. The number of aryl methyl sites for hydroxylation is 2. The molecule has 1 aliphatic heterocycles. The first-order valence-electron chi connectivity index (χ1n) is 8.14. The molecule has 0 aliphatic carbocycles. The molecule has 5 nitrogen and oxygen atoms in total. The van der Waals surface area contributed by atoms with Crippen molar-refractivity contribution >= 4 is 5.82 Å². The first-order valence-corrected chi connectivity index (χ1v) is 8.14. The zero-order chi connectivity index (χ0) is 16.2. The van der Waals surface area contributed by atoms with Crippen molar-refractivity contribution < 1.29 is 0 Å². The number of nitrogens with zero attached hydrogens (tertiary/aromatic N) is 3. The molecular formula is C18H24N4O. The summed E-state index contributed by atoms with van der Waals surface area (Å²) in [5, 5.41) is 3.42. The third-order valence-corrected chi connectivity index (χ3v) is 4.43. The van der Waals surface area contributed by atoms with Crippen LogP contribution in [0.5, 0.6) is 0 Å². The van der Waals surface area contributed by atoms with Gasteiger partial charge in [0.05, 0.1) is 0 Å². The van der Waals surface area contributed by atoms with Crippen LogP contribution in [-0.2, 0) is 13.6 Å². The monoisotopic (exact) mass is 312 g/mol. The van der Waals surface area contributed by atoms with Gasteiger partial charge >= 0.3 is 0 Å².